The van der Waals surface area contributed by atoms with E-state index in [1.165, 1.54) is 64.2 Å². The Bertz CT molecular complexity index is 232. The highest BCUT2D eigenvalue weighted by molar-refractivity contribution is 5.11. The molecular weight excluding hydrogens is 208 g/mol. The van der Waals surface area contributed by atoms with E-state index in [-0.39, 0.29) is 16.5 Å². The SMILES string of the molecule is CC(C)(C1(N)CCCCC1)C1(N)CCCCC1. The molecule has 2 nitrogen and oxygen atoms in total. The first-order valence-corrected chi connectivity index (χ1v) is 7.49. The second kappa shape index (κ2) is 4.55. The Kier molecular flexibility index (Phi) is 3.57. The van der Waals surface area contributed by atoms with Crippen molar-refractivity contribution in [2.45, 2.75) is 89.1 Å². The molecule has 2 aliphatic carbocycles. The zero-order valence-corrected chi connectivity index (χ0v) is 11.7. The maximum atomic E-state index is 6.77. The van der Waals surface area contributed by atoms with Crippen LogP contribution >= 0.6 is 0 Å². The Morgan fingerprint density at radius 3 is 1.24 bits per heavy atom. The van der Waals surface area contributed by atoms with Crippen LogP contribution in [0.3, 0.4) is 0 Å². The van der Waals surface area contributed by atoms with Crippen LogP contribution in [0.1, 0.15) is 78.1 Å². The quantitative estimate of drug-likeness (QED) is 0.775. The molecule has 0 unspecified atom stereocenters. The fraction of sp³-hybridized carbons (Fsp3) is 1.00. The second-order valence-electron chi connectivity index (χ2n) is 7.06. The molecular formula is C15H30N2. The molecule has 2 heteroatoms. The Morgan fingerprint density at radius 1 is 0.647 bits per heavy atom. The predicted octanol–water partition coefficient (Wildman–Crippen LogP) is 3.34. The molecule has 2 aliphatic rings. The van der Waals surface area contributed by atoms with Gasteiger partial charge < -0.3 is 11.5 Å². The molecule has 17 heavy (non-hydrogen) atoms. The Morgan fingerprint density at radius 2 is 0.941 bits per heavy atom. The fourth-order valence-corrected chi connectivity index (χ4v) is 4.11. The standard InChI is InChI=1S/C15H30N2/c1-13(2,14(16)9-5-3-6-10-14)15(17)11-7-4-8-12-15/h3-12,16-17H2,1-2H3. The van der Waals surface area contributed by atoms with Crippen LogP contribution in [0.25, 0.3) is 0 Å². The Hall–Kier alpha value is -0.0800. The summed E-state index contributed by atoms with van der Waals surface area (Å²) in [6.07, 6.45) is 12.5. The van der Waals surface area contributed by atoms with Crippen molar-refractivity contribution in [3.63, 3.8) is 0 Å². The Labute approximate surface area is 107 Å². The molecule has 100 valence electrons. The molecule has 0 aromatic heterocycles. The van der Waals surface area contributed by atoms with Crippen molar-refractivity contribution < 1.29 is 0 Å². The normalized spacial score (nSPS) is 28.9. The van der Waals surface area contributed by atoms with Gasteiger partial charge in [0.25, 0.3) is 0 Å². The van der Waals surface area contributed by atoms with Crippen molar-refractivity contribution in [1.82, 2.24) is 0 Å². The zero-order chi connectivity index (χ0) is 12.6. The van der Waals surface area contributed by atoms with Crippen LogP contribution in [-0.4, -0.2) is 11.1 Å². The van der Waals surface area contributed by atoms with Crippen molar-refractivity contribution in [2.75, 3.05) is 0 Å². The maximum absolute atomic E-state index is 6.77. The molecule has 2 saturated carbocycles. The van der Waals surface area contributed by atoms with Gasteiger partial charge in [-0.05, 0) is 25.7 Å². The molecule has 0 radical (unpaired) electrons. The lowest BCUT2D eigenvalue weighted by atomic mass is 9.53. The Balaban J connectivity index is 2.20. The zero-order valence-electron chi connectivity index (χ0n) is 11.7. The van der Waals surface area contributed by atoms with Crippen LogP contribution in [0.15, 0.2) is 0 Å². The predicted molar refractivity (Wildman–Crippen MR) is 73.8 cm³/mol. The van der Waals surface area contributed by atoms with Crippen molar-refractivity contribution in [2.24, 2.45) is 16.9 Å². The number of hydrogen-bond acceptors (Lipinski definition) is 2. The van der Waals surface area contributed by atoms with Gasteiger partial charge in [0.1, 0.15) is 0 Å². The minimum absolute atomic E-state index is 0.0304. The molecule has 0 bridgehead atoms. The maximum Gasteiger partial charge on any atom is 0.0223 e. The third kappa shape index (κ3) is 2.15. The molecule has 0 aromatic rings. The lowest BCUT2D eigenvalue weighted by molar-refractivity contribution is 0.00865. The van der Waals surface area contributed by atoms with Crippen LogP contribution in [0.2, 0.25) is 0 Å². The van der Waals surface area contributed by atoms with E-state index >= 15 is 0 Å². The molecule has 2 fully saturated rings. The molecule has 2 rings (SSSR count). The highest BCUT2D eigenvalue weighted by atomic mass is 14.9. The van der Waals surface area contributed by atoms with E-state index in [1.807, 2.05) is 0 Å². The highest BCUT2D eigenvalue weighted by Gasteiger charge is 2.53. The van der Waals surface area contributed by atoms with E-state index in [0.29, 0.717) is 0 Å². The van der Waals surface area contributed by atoms with E-state index in [1.54, 1.807) is 0 Å². The third-order valence-electron chi connectivity index (χ3n) is 5.98. The molecule has 0 aromatic carbocycles. The summed E-state index contributed by atoms with van der Waals surface area (Å²) in [4.78, 5) is 0. The van der Waals surface area contributed by atoms with Gasteiger partial charge in [0, 0.05) is 16.5 Å². The number of nitrogens with two attached hydrogens (primary N) is 2. The number of rotatable bonds is 2. The summed E-state index contributed by atoms with van der Waals surface area (Å²) < 4.78 is 0. The smallest absolute Gasteiger partial charge is 0.0223 e. The summed E-state index contributed by atoms with van der Waals surface area (Å²) in [5, 5.41) is 0. The first kappa shape index (κ1) is 13.4. The van der Waals surface area contributed by atoms with Gasteiger partial charge in [0.15, 0.2) is 0 Å². The lowest BCUT2D eigenvalue weighted by Crippen LogP contribution is -2.68. The molecule has 0 heterocycles. The van der Waals surface area contributed by atoms with Crippen LogP contribution in [0.4, 0.5) is 0 Å². The molecule has 4 N–H and O–H groups in total. The van der Waals surface area contributed by atoms with Gasteiger partial charge in [-0.1, -0.05) is 52.4 Å². The lowest BCUT2D eigenvalue weighted by Gasteiger charge is -2.57. The summed E-state index contributed by atoms with van der Waals surface area (Å²) in [6, 6.07) is 0. The summed E-state index contributed by atoms with van der Waals surface area (Å²) >= 11 is 0. The van der Waals surface area contributed by atoms with Gasteiger partial charge in [0.05, 0.1) is 0 Å². The minimum Gasteiger partial charge on any atom is -0.325 e. The summed E-state index contributed by atoms with van der Waals surface area (Å²) in [5.41, 5.74) is 13.6. The van der Waals surface area contributed by atoms with Crippen molar-refractivity contribution in [1.29, 1.82) is 0 Å². The van der Waals surface area contributed by atoms with Crippen molar-refractivity contribution >= 4 is 0 Å². The van der Waals surface area contributed by atoms with Crippen LogP contribution in [0.5, 0.6) is 0 Å². The van der Waals surface area contributed by atoms with Gasteiger partial charge in [0.2, 0.25) is 0 Å². The van der Waals surface area contributed by atoms with Crippen molar-refractivity contribution in [3.8, 4) is 0 Å². The third-order valence-corrected chi connectivity index (χ3v) is 5.98. The highest BCUT2D eigenvalue weighted by Crippen LogP contribution is 2.50. The van der Waals surface area contributed by atoms with Gasteiger partial charge >= 0.3 is 0 Å². The average molecular weight is 238 g/mol. The monoisotopic (exact) mass is 238 g/mol. The van der Waals surface area contributed by atoms with Gasteiger partial charge in [-0.3, -0.25) is 0 Å². The second-order valence-corrected chi connectivity index (χ2v) is 7.06. The molecule has 0 spiro atoms. The van der Waals surface area contributed by atoms with Gasteiger partial charge in [-0.2, -0.15) is 0 Å². The largest absolute Gasteiger partial charge is 0.325 e. The van der Waals surface area contributed by atoms with E-state index in [2.05, 4.69) is 13.8 Å². The van der Waals surface area contributed by atoms with E-state index in [0.717, 1.165) is 0 Å². The first-order chi connectivity index (χ1) is 7.91. The molecule has 0 amide bonds. The van der Waals surface area contributed by atoms with Gasteiger partial charge in [-0.25, -0.2) is 0 Å². The minimum atomic E-state index is -0.0304. The van der Waals surface area contributed by atoms with Gasteiger partial charge in [-0.15, -0.1) is 0 Å². The topological polar surface area (TPSA) is 52.0 Å². The van der Waals surface area contributed by atoms with E-state index < -0.39 is 0 Å². The first-order valence-electron chi connectivity index (χ1n) is 7.49. The number of hydrogen-bond donors (Lipinski definition) is 2. The fourth-order valence-electron chi connectivity index (χ4n) is 4.11. The van der Waals surface area contributed by atoms with E-state index in [4.69, 9.17) is 11.5 Å². The summed E-state index contributed by atoms with van der Waals surface area (Å²) in [7, 11) is 0. The van der Waals surface area contributed by atoms with Crippen LogP contribution in [0, 0.1) is 5.41 Å². The van der Waals surface area contributed by atoms with E-state index in [9.17, 15) is 0 Å². The molecule has 0 atom stereocenters. The average Bonchev–Trinajstić information content (AvgIpc) is 2.30. The molecule has 0 saturated heterocycles. The summed E-state index contributed by atoms with van der Waals surface area (Å²) in [5.74, 6) is 0. The van der Waals surface area contributed by atoms with Crippen molar-refractivity contribution in [3.05, 3.63) is 0 Å². The van der Waals surface area contributed by atoms with Crippen LogP contribution < -0.4 is 11.5 Å². The summed E-state index contributed by atoms with van der Waals surface area (Å²) in [6.45, 7) is 4.67. The molecule has 0 aliphatic heterocycles. The van der Waals surface area contributed by atoms with Crippen LogP contribution in [-0.2, 0) is 0 Å².